The number of aromatic nitrogens is 3. The molecule has 1 N–H and O–H groups in total. The van der Waals surface area contributed by atoms with Gasteiger partial charge in [-0.15, -0.1) is 5.10 Å². The Labute approximate surface area is 151 Å². The zero-order valence-electron chi connectivity index (χ0n) is 14.8. The molecule has 1 fully saturated rings. The highest BCUT2D eigenvalue weighted by atomic mass is 32.1. The van der Waals surface area contributed by atoms with Gasteiger partial charge in [0.05, 0.1) is 0 Å². The Bertz CT molecular complexity index is 788. The number of carbonyl (C=O) groups is 1. The second-order valence-corrected chi connectivity index (χ2v) is 7.43. The van der Waals surface area contributed by atoms with Gasteiger partial charge in [-0.1, -0.05) is 38.0 Å². The van der Waals surface area contributed by atoms with Crippen molar-refractivity contribution >= 4 is 27.3 Å². The summed E-state index contributed by atoms with van der Waals surface area (Å²) < 4.78 is 1.27. The number of nitrogens with one attached hydrogen (secondary N) is 1. The molecule has 8 heteroatoms. The molecule has 2 heterocycles. The molecule has 1 amide bonds. The molecule has 3 rings (SSSR count). The number of anilines is 1. The first kappa shape index (κ1) is 17.8. The predicted octanol–water partition coefficient (Wildman–Crippen LogP) is 2.45. The normalized spacial score (nSPS) is 15.0. The molecule has 1 saturated carbocycles. The topological polar surface area (TPSA) is 79.6 Å². The number of nitrogens with zero attached hydrogens (tertiary/aromatic N) is 4. The van der Waals surface area contributed by atoms with Crippen molar-refractivity contribution in [1.29, 1.82) is 0 Å². The standard InChI is InChI=1S/C17H25N5O2S/c1-3-9-21(10-4-2)17-20-22-15(24)13(11-18-16(22)25-17)14(23)19-12-7-5-6-8-12/h11-12H,3-10H2,1-2H3,(H,19,23). The number of amides is 1. The molecule has 136 valence electrons. The molecule has 0 unspecified atom stereocenters. The van der Waals surface area contributed by atoms with E-state index in [1.165, 1.54) is 22.0 Å². The fourth-order valence-electron chi connectivity index (χ4n) is 3.24. The van der Waals surface area contributed by atoms with Crippen LogP contribution >= 0.6 is 11.3 Å². The van der Waals surface area contributed by atoms with Crippen LogP contribution < -0.4 is 15.8 Å². The Kier molecular flexibility index (Phi) is 5.67. The van der Waals surface area contributed by atoms with E-state index in [-0.39, 0.29) is 17.5 Å². The average molecular weight is 363 g/mol. The van der Waals surface area contributed by atoms with Crippen LogP contribution in [0.5, 0.6) is 0 Å². The minimum absolute atomic E-state index is 0.0683. The molecule has 0 aliphatic heterocycles. The summed E-state index contributed by atoms with van der Waals surface area (Å²) in [6, 6.07) is 0.170. The molecule has 0 saturated heterocycles. The largest absolute Gasteiger partial charge is 0.349 e. The summed E-state index contributed by atoms with van der Waals surface area (Å²) in [7, 11) is 0. The van der Waals surface area contributed by atoms with Crippen LogP contribution in [0, 0.1) is 0 Å². The zero-order chi connectivity index (χ0) is 17.8. The van der Waals surface area contributed by atoms with Gasteiger partial charge in [-0.05, 0) is 25.7 Å². The lowest BCUT2D eigenvalue weighted by Crippen LogP contribution is -2.37. The first-order valence-electron chi connectivity index (χ1n) is 9.08. The van der Waals surface area contributed by atoms with Gasteiger partial charge in [0, 0.05) is 25.3 Å². The maximum Gasteiger partial charge on any atom is 0.288 e. The van der Waals surface area contributed by atoms with Gasteiger partial charge in [0.1, 0.15) is 5.56 Å². The maximum absolute atomic E-state index is 12.7. The minimum atomic E-state index is -0.393. The van der Waals surface area contributed by atoms with E-state index >= 15 is 0 Å². The lowest BCUT2D eigenvalue weighted by Gasteiger charge is -2.19. The van der Waals surface area contributed by atoms with Gasteiger partial charge >= 0.3 is 0 Å². The van der Waals surface area contributed by atoms with Crippen LogP contribution in [0.3, 0.4) is 0 Å². The summed E-state index contributed by atoms with van der Waals surface area (Å²) in [5.74, 6) is -0.340. The summed E-state index contributed by atoms with van der Waals surface area (Å²) >= 11 is 1.39. The van der Waals surface area contributed by atoms with Crippen molar-refractivity contribution < 1.29 is 4.79 Å². The summed E-state index contributed by atoms with van der Waals surface area (Å²) in [6.07, 6.45) is 7.61. The Balaban J connectivity index is 1.88. The Hall–Kier alpha value is -1.96. The first-order valence-corrected chi connectivity index (χ1v) is 9.90. The highest BCUT2D eigenvalue weighted by Gasteiger charge is 2.22. The van der Waals surface area contributed by atoms with Crippen LogP contribution in [0.25, 0.3) is 4.96 Å². The van der Waals surface area contributed by atoms with Crippen LogP contribution in [0.2, 0.25) is 0 Å². The number of rotatable bonds is 7. The fourth-order valence-corrected chi connectivity index (χ4v) is 4.15. The Morgan fingerprint density at radius 1 is 1.32 bits per heavy atom. The number of hydrogen-bond acceptors (Lipinski definition) is 6. The van der Waals surface area contributed by atoms with Gasteiger partial charge in [-0.2, -0.15) is 4.52 Å². The van der Waals surface area contributed by atoms with Gasteiger partial charge in [0.15, 0.2) is 0 Å². The molecule has 1 aliphatic carbocycles. The molecule has 2 aromatic heterocycles. The third kappa shape index (κ3) is 3.84. The monoisotopic (exact) mass is 363 g/mol. The molecular weight excluding hydrogens is 338 g/mol. The molecule has 1 aliphatic rings. The van der Waals surface area contributed by atoms with E-state index in [1.54, 1.807) is 0 Å². The highest BCUT2D eigenvalue weighted by Crippen LogP contribution is 2.22. The second-order valence-electron chi connectivity index (χ2n) is 6.50. The first-order chi connectivity index (χ1) is 12.1. The highest BCUT2D eigenvalue weighted by molar-refractivity contribution is 7.20. The van der Waals surface area contributed by atoms with Gasteiger partial charge in [0.25, 0.3) is 11.5 Å². The van der Waals surface area contributed by atoms with Crippen LogP contribution in [-0.4, -0.2) is 39.6 Å². The zero-order valence-corrected chi connectivity index (χ0v) is 15.6. The van der Waals surface area contributed by atoms with E-state index in [0.717, 1.165) is 56.7 Å². The molecule has 0 spiro atoms. The molecule has 0 radical (unpaired) electrons. The van der Waals surface area contributed by atoms with Gasteiger partial charge in [-0.25, -0.2) is 4.98 Å². The molecule has 7 nitrogen and oxygen atoms in total. The molecule has 0 bridgehead atoms. The van der Waals surface area contributed by atoms with E-state index in [9.17, 15) is 9.59 Å². The molecule has 0 aromatic carbocycles. The summed E-state index contributed by atoms with van der Waals surface area (Å²) in [6.45, 7) is 6.01. The van der Waals surface area contributed by atoms with Crippen LogP contribution in [0.4, 0.5) is 5.13 Å². The Morgan fingerprint density at radius 2 is 2.00 bits per heavy atom. The van der Waals surface area contributed by atoms with Crippen LogP contribution in [0.1, 0.15) is 62.7 Å². The summed E-state index contributed by atoms with van der Waals surface area (Å²) in [5.41, 5.74) is -0.324. The molecule has 0 atom stereocenters. The molecular formula is C17H25N5O2S. The maximum atomic E-state index is 12.7. The van der Waals surface area contributed by atoms with Crippen molar-refractivity contribution in [3.05, 3.63) is 22.1 Å². The second kappa shape index (κ2) is 7.95. The number of fused-ring (bicyclic) bond motifs is 1. The SMILES string of the molecule is CCCN(CCC)c1nn2c(=O)c(C(=O)NC3CCCC3)cnc2s1. The predicted molar refractivity (Wildman–Crippen MR) is 99.7 cm³/mol. The van der Waals surface area contributed by atoms with Crippen molar-refractivity contribution in [2.75, 3.05) is 18.0 Å². The van der Waals surface area contributed by atoms with Crippen molar-refractivity contribution in [2.24, 2.45) is 0 Å². The fraction of sp³-hybridized carbons (Fsp3) is 0.647. The van der Waals surface area contributed by atoms with Crippen molar-refractivity contribution in [3.8, 4) is 0 Å². The van der Waals surface area contributed by atoms with E-state index in [2.05, 4.69) is 34.1 Å². The molecule has 25 heavy (non-hydrogen) atoms. The molecule has 2 aromatic rings. The van der Waals surface area contributed by atoms with Gasteiger partial charge < -0.3 is 10.2 Å². The number of hydrogen-bond donors (Lipinski definition) is 1. The van der Waals surface area contributed by atoms with E-state index in [4.69, 9.17) is 0 Å². The van der Waals surface area contributed by atoms with Crippen LogP contribution in [0.15, 0.2) is 11.0 Å². The average Bonchev–Trinajstić information content (AvgIpc) is 3.24. The number of carbonyl (C=O) groups excluding carboxylic acids is 1. The van der Waals surface area contributed by atoms with Crippen molar-refractivity contribution in [2.45, 2.75) is 58.4 Å². The quantitative estimate of drug-likeness (QED) is 0.817. The lowest BCUT2D eigenvalue weighted by atomic mass is 10.2. The van der Waals surface area contributed by atoms with E-state index in [0.29, 0.717) is 4.96 Å². The summed E-state index contributed by atoms with van der Waals surface area (Å²) in [5, 5.41) is 8.15. The lowest BCUT2D eigenvalue weighted by molar-refractivity contribution is 0.0935. The third-order valence-electron chi connectivity index (χ3n) is 4.47. The van der Waals surface area contributed by atoms with E-state index < -0.39 is 5.56 Å². The Morgan fingerprint density at radius 3 is 2.64 bits per heavy atom. The van der Waals surface area contributed by atoms with Crippen LogP contribution in [-0.2, 0) is 0 Å². The minimum Gasteiger partial charge on any atom is -0.349 e. The summed E-state index contributed by atoms with van der Waals surface area (Å²) in [4.78, 5) is 32.1. The van der Waals surface area contributed by atoms with Gasteiger partial charge in [0.2, 0.25) is 10.1 Å². The van der Waals surface area contributed by atoms with E-state index in [1.807, 2.05) is 0 Å². The van der Waals surface area contributed by atoms with Gasteiger partial charge in [-0.3, -0.25) is 9.59 Å². The third-order valence-corrected chi connectivity index (χ3v) is 5.45. The van der Waals surface area contributed by atoms with Crippen molar-refractivity contribution in [3.63, 3.8) is 0 Å². The van der Waals surface area contributed by atoms with Crippen molar-refractivity contribution in [1.82, 2.24) is 19.9 Å². The smallest absolute Gasteiger partial charge is 0.288 e.